The van der Waals surface area contributed by atoms with Crippen LogP contribution in [0.4, 0.5) is 0 Å². The monoisotopic (exact) mass is 392 g/mol. The maximum Gasteiger partial charge on any atom is 0.120 e. The topological polar surface area (TPSA) is 60.7 Å². The Balaban J connectivity index is 1.93. The summed E-state index contributed by atoms with van der Waals surface area (Å²) >= 11 is 0. The van der Waals surface area contributed by atoms with Crippen molar-refractivity contribution in [2.24, 2.45) is 0 Å². The van der Waals surface area contributed by atoms with E-state index in [0.29, 0.717) is 5.56 Å². The highest BCUT2D eigenvalue weighted by molar-refractivity contribution is 5.94. The summed E-state index contributed by atoms with van der Waals surface area (Å²) in [5.41, 5.74) is 2.32. The minimum atomic E-state index is -0.428. The zero-order chi connectivity index (χ0) is 20.7. The van der Waals surface area contributed by atoms with Crippen LogP contribution in [0.1, 0.15) is 22.6 Å². The zero-order valence-electron chi connectivity index (χ0n) is 16.2. The maximum atomic E-state index is 11.0. The summed E-state index contributed by atoms with van der Waals surface area (Å²) in [6.45, 7) is 0. The van der Waals surface area contributed by atoms with Gasteiger partial charge in [0.1, 0.15) is 17.2 Å². The fraction of sp³-hybridized carbons (Fsp3) is 0.0370. The van der Waals surface area contributed by atoms with Crippen LogP contribution in [0.15, 0.2) is 97.1 Å². The molecule has 0 radical (unpaired) electrons. The van der Waals surface area contributed by atoms with Gasteiger partial charge in [-0.1, -0.05) is 72.8 Å². The molecule has 0 aromatic heterocycles. The van der Waals surface area contributed by atoms with Crippen LogP contribution in [-0.4, -0.2) is 15.3 Å². The Morgan fingerprint density at radius 3 is 1.80 bits per heavy atom. The molecule has 5 aromatic carbocycles. The first kappa shape index (κ1) is 18.1. The van der Waals surface area contributed by atoms with E-state index < -0.39 is 5.92 Å². The molecule has 0 amide bonds. The third-order valence-corrected chi connectivity index (χ3v) is 5.68. The predicted octanol–water partition coefficient (Wildman–Crippen LogP) is 6.29. The molecule has 5 aromatic rings. The van der Waals surface area contributed by atoms with Crippen LogP contribution in [0.2, 0.25) is 0 Å². The summed E-state index contributed by atoms with van der Waals surface area (Å²) < 4.78 is 0. The minimum absolute atomic E-state index is 0.120. The lowest BCUT2D eigenvalue weighted by atomic mass is 9.80. The molecule has 0 saturated carbocycles. The lowest BCUT2D eigenvalue weighted by Crippen LogP contribution is -2.06. The Kier molecular flexibility index (Phi) is 4.29. The van der Waals surface area contributed by atoms with Gasteiger partial charge in [-0.2, -0.15) is 0 Å². The lowest BCUT2D eigenvalue weighted by molar-refractivity contribution is 0.460. The summed E-state index contributed by atoms with van der Waals surface area (Å²) in [5.74, 6) is -0.0144. The summed E-state index contributed by atoms with van der Waals surface area (Å²) in [6.07, 6.45) is 0. The zero-order valence-corrected chi connectivity index (χ0v) is 16.2. The smallest absolute Gasteiger partial charge is 0.120 e. The molecule has 0 spiro atoms. The molecule has 0 aliphatic carbocycles. The number of hydrogen-bond donors (Lipinski definition) is 3. The number of benzene rings is 5. The number of aromatic hydroxyl groups is 3. The van der Waals surface area contributed by atoms with Crippen LogP contribution in [0.25, 0.3) is 21.5 Å². The molecule has 30 heavy (non-hydrogen) atoms. The summed E-state index contributed by atoms with van der Waals surface area (Å²) in [5, 5.41) is 35.7. The minimum Gasteiger partial charge on any atom is -0.508 e. The highest BCUT2D eigenvalue weighted by Crippen LogP contribution is 2.46. The van der Waals surface area contributed by atoms with E-state index in [2.05, 4.69) is 0 Å². The van der Waals surface area contributed by atoms with Crippen molar-refractivity contribution in [3.63, 3.8) is 0 Å². The molecule has 5 rings (SSSR count). The molecule has 3 N–H and O–H groups in total. The molecule has 0 heterocycles. The first-order chi connectivity index (χ1) is 14.6. The molecule has 1 atom stereocenters. The molecular weight excluding hydrogens is 372 g/mol. The van der Waals surface area contributed by atoms with E-state index in [1.54, 1.807) is 24.3 Å². The van der Waals surface area contributed by atoms with E-state index in [0.717, 1.165) is 32.7 Å². The van der Waals surface area contributed by atoms with Crippen LogP contribution >= 0.6 is 0 Å². The van der Waals surface area contributed by atoms with Gasteiger partial charge in [0, 0.05) is 17.0 Å². The van der Waals surface area contributed by atoms with E-state index in [-0.39, 0.29) is 17.2 Å². The van der Waals surface area contributed by atoms with Gasteiger partial charge < -0.3 is 15.3 Å². The summed E-state index contributed by atoms with van der Waals surface area (Å²) in [6, 6.07) is 30.0. The summed E-state index contributed by atoms with van der Waals surface area (Å²) in [4.78, 5) is 0. The molecular formula is C27H20O3. The van der Waals surface area contributed by atoms with Gasteiger partial charge in [-0.05, 0) is 51.4 Å². The van der Waals surface area contributed by atoms with Crippen molar-refractivity contribution in [1.29, 1.82) is 0 Å². The maximum absolute atomic E-state index is 11.0. The fourth-order valence-electron chi connectivity index (χ4n) is 4.33. The molecule has 3 heteroatoms. The van der Waals surface area contributed by atoms with Crippen LogP contribution < -0.4 is 0 Å². The fourth-order valence-corrected chi connectivity index (χ4v) is 4.33. The molecule has 0 bridgehead atoms. The number of hydrogen-bond acceptors (Lipinski definition) is 3. The Morgan fingerprint density at radius 2 is 1.07 bits per heavy atom. The molecule has 0 aliphatic heterocycles. The van der Waals surface area contributed by atoms with Crippen LogP contribution in [0.5, 0.6) is 17.2 Å². The highest BCUT2D eigenvalue weighted by atomic mass is 16.3. The van der Waals surface area contributed by atoms with Gasteiger partial charge in [0.15, 0.2) is 0 Å². The first-order valence-electron chi connectivity index (χ1n) is 9.83. The third-order valence-electron chi connectivity index (χ3n) is 5.68. The lowest BCUT2D eigenvalue weighted by Gasteiger charge is -2.24. The van der Waals surface area contributed by atoms with Gasteiger partial charge in [-0.15, -0.1) is 0 Å². The Labute approximate surface area is 174 Å². The first-order valence-corrected chi connectivity index (χ1v) is 9.83. The Bertz CT molecular complexity index is 1370. The molecule has 0 aliphatic rings. The van der Waals surface area contributed by atoms with Gasteiger partial charge in [0.25, 0.3) is 0 Å². The molecule has 0 saturated heterocycles. The second kappa shape index (κ2) is 7.12. The quantitative estimate of drug-likeness (QED) is 0.316. The van der Waals surface area contributed by atoms with E-state index in [1.807, 2.05) is 72.8 Å². The van der Waals surface area contributed by atoms with Crippen molar-refractivity contribution in [2.45, 2.75) is 5.92 Å². The van der Waals surface area contributed by atoms with Crippen molar-refractivity contribution in [2.75, 3.05) is 0 Å². The average molecular weight is 392 g/mol. The average Bonchev–Trinajstić information content (AvgIpc) is 2.77. The number of rotatable bonds is 3. The van der Waals surface area contributed by atoms with Crippen molar-refractivity contribution in [3.05, 3.63) is 114 Å². The SMILES string of the molecule is Oc1ccc2ccc(O)c(C(c3ccccc3)c3c(O)ccc4ccccc34)c2c1. The van der Waals surface area contributed by atoms with Gasteiger partial charge in [0.2, 0.25) is 0 Å². The van der Waals surface area contributed by atoms with Crippen LogP contribution in [0.3, 0.4) is 0 Å². The van der Waals surface area contributed by atoms with Gasteiger partial charge in [-0.3, -0.25) is 0 Å². The van der Waals surface area contributed by atoms with Gasteiger partial charge in [-0.25, -0.2) is 0 Å². The van der Waals surface area contributed by atoms with Crippen LogP contribution in [-0.2, 0) is 0 Å². The molecule has 0 fully saturated rings. The highest BCUT2D eigenvalue weighted by Gasteiger charge is 2.26. The number of fused-ring (bicyclic) bond motifs is 2. The summed E-state index contributed by atoms with van der Waals surface area (Å²) in [7, 11) is 0. The second-order valence-corrected chi connectivity index (χ2v) is 7.47. The van der Waals surface area contributed by atoms with Crippen molar-refractivity contribution in [1.82, 2.24) is 0 Å². The Morgan fingerprint density at radius 1 is 0.500 bits per heavy atom. The van der Waals surface area contributed by atoms with Gasteiger partial charge in [0.05, 0.1) is 0 Å². The standard InChI is InChI=1S/C27H20O3/c28-20-13-10-18-12-15-24(30)27(22(18)16-20)25(19-7-2-1-3-8-19)26-21-9-5-4-6-17(21)11-14-23(26)29/h1-16,25,28-30H. The molecule has 146 valence electrons. The van der Waals surface area contributed by atoms with E-state index in [4.69, 9.17) is 0 Å². The number of phenols is 3. The second-order valence-electron chi connectivity index (χ2n) is 7.47. The van der Waals surface area contributed by atoms with E-state index in [1.165, 1.54) is 0 Å². The number of phenolic OH excluding ortho intramolecular Hbond substituents is 3. The Hall–Kier alpha value is -3.98. The molecule has 3 nitrogen and oxygen atoms in total. The van der Waals surface area contributed by atoms with Crippen molar-refractivity contribution >= 4 is 21.5 Å². The van der Waals surface area contributed by atoms with Crippen LogP contribution in [0, 0.1) is 0 Å². The van der Waals surface area contributed by atoms with E-state index >= 15 is 0 Å². The van der Waals surface area contributed by atoms with Gasteiger partial charge >= 0.3 is 0 Å². The van der Waals surface area contributed by atoms with E-state index in [9.17, 15) is 15.3 Å². The predicted molar refractivity (Wildman–Crippen MR) is 120 cm³/mol. The van der Waals surface area contributed by atoms with Crippen molar-refractivity contribution < 1.29 is 15.3 Å². The van der Waals surface area contributed by atoms with Crippen molar-refractivity contribution in [3.8, 4) is 17.2 Å². The third kappa shape index (κ3) is 2.92. The normalized spacial score (nSPS) is 12.3. The largest absolute Gasteiger partial charge is 0.508 e. The molecule has 1 unspecified atom stereocenters.